The van der Waals surface area contributed by atoms with Crippen molar-refractivity contribution < 1.29 is 14.6 Å². The molecule has 0 saturated heterocycles. The average molecular weight is 166 g/mol. The number of aliphatic hydroxyl groups excluding tert-OH is 1. The van der Waals surface area contributed by atoms with Crippen molar-refractivity contribution in [2.24, 2.45) is 0 Å². The number of carbonyl (C=O) groups excluding carboxylic acids is 1. The van der Waals surface area contributed by atoms with Gasteiger partial charge in [-0.2, -0.15) is 0 Å². The molecule has 1 aliphatic rings. The van der Waals surface area contributed by atoms with Crippen LogP contribution in [0.15, 0.2) is 11.3 Å². The summed E-state index contributed by atoms with van der Waals surface area (Å²) in [6.45, 7) is 0.0181. The van der Waals surface area contributed by atoms with Crippen molar-refractivity contribution in [1.82, 2.24) is 0 Å². The van der Waals surface area contributed by atoms with Crippen LogP contribution in [0.25, 0.3) is 0 Å². The molecule has 0 aromatic rings. The first kappa shape index (κ1) is 8.66. The van der Waals surface area contributed by atoms with Crippen LogP contribution in [0.3, 0.4) is 0 Å². The Hall–Kier alpha value is -1.43. The first-order valence-electron chi connectivity index (χ1n) is 3.77. The van der Waals surface area contributed by atoms with Gasteiger partial charge in [0.15, 0.2) is 0 Å². The molecule has 1 aliphatic heterocycles. The van der Waals surface area contributed by atoms with Gasteiger partial charge in [0.25, 0.3) is 0 Å². The van der Waals surface area contributed by atoms with Gasteiger partial charge in [-0.25, -0.2) is 4.79 Å². The van der Waals surface area contributed by atoms with E-state index in [2.05, 4.69) is 10.7 Å². The van der Waals surface area contributed by atoms with Gasteiger partial charge in [0.05, 0.1) is 5.57 Å². The Bertz CT molecular complexity index is 257. The number of ether oxygens (including phenoxy) is 1. The summed E-state index contributed by atoms with van der Waals surface area (Å²) in [4.78, 5) is 10.9. The molecular weight excluding hydrogens is 156 g/mol. The molecule has 0 aromatic carbocycles. The second-order valence-corrected chi connectivity index (χ2v) is 2.56. The van der Waals surface area contributed by atoms with E-state index >= 15 is 0 Å². The Balaban J connectivity index is 2.46. The van der Waals surface area contributed by atoms with Gasteiger partial charge in [-0.05, 0) is 12.8 Å². The minimum absolute atomic E-state index is 0.0181. The molecule has 1 N–H and O–H groups in total. The van der Waals surface area contributed by atoms with Gasteiger partial charge in [0, 0.05) is 6.42 Å². The molecule has 0 unspecified atom stereocenters. The summed E-state index contributed by atoms with van der Waals surface area (Å²) in [6, 6.07) is 0. The van der Waals surface area contributed by atoms with Crippen molar-refractivity contribution in [1.29, 1.82) is 0 Å². The number of rotatable bonds is 3. The van der Waals surface area contributed by atoms with Gasteiger partial charge in [0.2, 0.25) is 0 Å². The third-order valence-corrected chi connectivity index (χ3v) is 1.68. The van der Waals surface area contributed by atoms with Gasteiger partial charge in [-0.15, -0.1) is 12.3 Å². The number of unbranched alkanes of at least 4 members (excludes halogenated alkanes) is 1. The van der Waals surface area contributed by atoms with E-state index in [0.29, 0.717) is 24.8 Å². The molecule has 0 saturated carbocycles. The Morgan fingerprint density at radius 3 is 2.92 bits per heavy atom. The molecule has 3 heteroatoms. The molecule has 0 radical (unpaired) electrons. The largest absolute Gasteiger partial charge is 0.508 e. The topological polar surface area (TPSA) is 46.5 Å². The Kier molecular flexibility index (Phi) is 2.76. The predicted octanol–water partition coefficient (Wildman–Crippen LogP) is 1.16. The predicted molar refractivity (Wildman–Crippen MR) is 43.3 cm³/mol. The SMILES string of the molecule is C#CCCCC1=C(O)COC1=O. The molecule has 0 spiro atoms. The molecule has 1 rings (SSSR count). The van der Waals surface area contributed by atoms with Gasteiger partial charge >= 0.3 is 5.97 Å². The van der Waals surface area contributed by atoms with Crippen LogP contribution in [0.4, 0.5) is 0 Å². The molecular formula is C9H10O3. The lowest BCUT2D eigenvalue weighted by Crippen LogP contribution is -1.99. The van der Waals surface area contributed by atoms with Crippen LogP contribution in [0.2, 0.25) is 0 Å². The normalized spacial score (nSPS) is 16.1. The number of aliphatic hydroxyl groups is 1. The van der Waals surface area contributed by atoms with Crippen LogP contribution in [0.1, 0.15) is 19.3 Å². The third kappa shape index (κ3) is 1.79. The molecule has 0 aromatic heterocycles. The number of cyclic esters (lactones) is 1. The van der Waals surface area contributed by atoms with Gasteiger partial charge in [-0.3, -0.25) is 0 Å². The molecule has 3 nitrogen and oxygen atoms in total. The molecule has 0 fully saturated rings. The lowest BCUT2D eigenvalue weighted by Gasteiger charge is -1.95. The van der Waals surface area contributed by atoms with Crippen molar-refractivity contribution in [2.45, 2.75) is 19.3 Å². The average Bonchev–Trinajstić information content (AvgIpc) is 2.35. The van der Waals surface area contributed by atoms with Crippen molar-refractivity contribution in [2.75, 3.05) is 6.61 Å². The molecule has 0 aliphatic carbocycles. The monoisotopic (exact) mass is 166 g/mol. The highest BCUT2D eigenvalue weighted by Gasteiger charge is 2.23. The van der Waals surface area contributed by atoms with Crippen molar-refractivity contribution in [3.05, 3.63) is 11.3 Å². The Morgan fingerprint density at radius 1 is 1.67 bits per heavy atom. The molecule has 1 heterocycles. The maximum Gasteiger partial charge on any atom is 0.337 e. The van der Waals surface area contributed by atoms with Crippen LogP contribution in [-0.2, 0) is 9.53 Å². The quantitative estimate of drug-likeness (QED) is 0.388. The molecule has 0 bridgehead atoms. The minimum atomic E-state index is -0.412. The minimum Gasteiger partial charge on any atom is -0.508 e. The number of esters is 1. The molecule has 0 amide bonds. The summed E-state index contributed by atoms with van der Waals surface area (Å²) in [5.74, 6) is 2.11. The highest BCUT2D eigenvalue weighted by Crippen LogP contribution is 2.18. The molecule has 0 atom stereocenters. The first-order chi connectivity index (χ1) is 5.75. The van der Waals surface area contributed by atoms with Crippen LogP contribution < -0.4 is 0 Å². The maximum atomic E-state index is 10.9. The van der Waals surface area contributed by atoms with Gasteiger partial charge in [-0.1, -0.05) is 0 Å². The summed E-state index contributed by atoms with van der Waals surface area (Å²) in [6.07, 6.45) is 6.88. The van der Waals surface area contributed by atoms with E-state index in [1.807, 2.05) is 0 Å². The fraction of sp³-hybridized carbons (Fsp3) is 0.444. The van der Waals surface area contributed by atoms with Crippen LogP contribution in [-0.4, -0.2) is 17.7 Å². The number of terminal acetylenes is 1. The zero-order valence-electron chi connectivity index (χ0n) is 6.67. The number of carbonyl (C=O) groups is 1. The van der Waals surface area contributed by atoms with Gasteiger partial charge in [0.1, 0.15) is 12.4 Å². The van der Waals surface area contributed by atoms with Crippen molar-refractivity contribution in [3.8, 4) is 12.3 Å². The summed E-state index contributed by atoms with van der Waals surface area (Å²) >= 11 is 0. The zero-order chi connectivity index (χ0) is 8.97. The van der Waals surface area contributed by atoms with E-state index in [4.69, 9.17) is 11.5 Å². The van der Waals surface area contributed by atoms with E-state index < -0.39 is 5.97 Å². The zero-order valence-corrected chi connectivity index (χ0v) is 6.67. The second kappa shape index (κ2) is 3.82. The number of hydrogen-bond donors (Lipinski definition) is 1. The fourth-order valence-corrected chi connectivity index (χ4v) is 1.04. The van der Waals surface area contributed by atoms with E-state index in [0.717, 1.165) is 0 Å². The molecule has 12 heavy (non-hydrogen) atoms. The Morgan fingerprint density at radius 2 is 2.42 bits per heavy atom. The number of hydrogen-bond acceptors (Lipinski definition) is 3. The highest BCUT2D eigenvalue weighted by molar-refractivity contribution is 5.91. The van der Waals surface area contributed by atoms with E-state index in [-0.39, 0.29) is 12.4 Å². The third-order valence-electron chi connectivity index (χ3n) is 1.68. The first-order valence-corrected chi connectivity index (χ1v) is 3.77. The maximum absolute atomic E-state index is 10.9. The second-order valence-electron chi connectivity index (χ2n) is 2.56. The fourth-order valence-electron chi connectivity index (χ4n) is 1.04. The lowest BCUT2D eigenvalue weighted by molar-refractivity contribution is -0.136. The molecule has 64 valence electrons. The Labute approximate surface area is 71.0 Å². The summed E-state index contributed by atoms with van der Waals surface area (Å²) in [7, 11) is 0. The standard InChI is InChI=1S/C9H10O3/c1-2-3-4-5-7-8(10)6-12-9(7)11/h1,10H,3-6H2. The van der Waals surface area contributed by atoms with Crippen molar-refractivity contribution in [3.63, 3.8) is 0 Å². The van der Waals surface area contributed by atoms with E-state index in [1.165, 1.54) is 0 Å². The van der Waals surface area contributed by atoms with Crippen LogP contribution >= 0.6 is 0 Å². The lowest BCUT2D eigenvalue weighted by atomic mass is 10.1. The highest BCUT2D eigenvalue weighted by atomic mass is 16.5. The van der Waals surface area contributed by atoms with Gasteiger partial charge < -0.3 is 9.84 Å². The van der Waals surface area contributed by atoms with Crippen molar-refractivity contribution >= 4 is 5.97 Å². The smallest absolute Gasteiger partial charge is 0.337 e. The van der Waals surface area contributed by atoms with E-state index in [9.17, 15) is 4.79 Å². The van der Waals surface area contributed by atoms with Crippen LogP contribution in [0, 0.1) is 12.3 Å². The van der Waals surface area contributed by atoms with E-state index in [1.54, 1.807) is 0 Å². The summed E-state index contributed by atoms with van der Waals surface area (Å²) in [5.41, 5.74) is 0.380. The van der Waals surface area contributed by atoms with Crippen LogP contribution in [0.5, 0.6) is 0 Å². The summed E-state index contributed by atoms with van der Waals surface area (Å²) in [5, 5.41) is 9.14. The summed E-state index contributed by atoms with van der Waals surface area (Å²) < 4.78 is 4.59.